The maximum Gasteiger partial charge on any atom is 0.186 e. The van der Waals surface area contributed by atoms with Crippen LogP contribution in [0.5, 0.6) is 0 Å². The van der Waals surface area contributed by atoms with Gasteiger partial charge in [0.15, 0.2) is 18.9 Å². The molecule has 0 spiro atoms. The summed E-state index contributed by atoms with van der Waals surface area (Å²) in [6.45, 7) is 0.409. The molecule has 2 aromatic carbocycles. The number of fused-ring (bicyclic) bond motifs is 3. The SMILES string of the molecule is CO[C@H]1O[C@@H]2CO[C@@H](c3ccccc3)O[C@H]2[C@@H]2O[C@@H](c3ccccc3)O[C@H]12. The minimum absolute atomic E-state index is 0.269. The Kier molecular flexibility index (Phi) is 4.69. The minimum Gasteiger partial charge on any atom is -0.353 e. The van der Waals surface area contributed by atoms with Crippen LogP contribution in [-0.4, -0.2) is 44.4 Å². The smallest absolute Gasteiger partial charge is 0.186 e. The molecule has 27 heavy (non-hydrogen) atoms. The molecule has 0 saturated carbocycles. The Morgan fingerprint density at radius 2 is 1.30 bits per heavy atom. The highest BCUT2D eigenvalue weighted by Crippen LogP contribution is 2.43. The normalized spacial score (nSPS) is 38.2. The molecule has 0 bridgehead atoms. The van der Waals surface area contributed by atoms with Crippen LogP contribution in [0.4, 0.5) is 0 Å². The van der Waals surface area contributed by atoms with Crippen molar-refractivity contribution in [3.63, 3.8) is 0 Å². The standard InChI is InChI=1S/C21H22O6/c1-22-21-18-17(26-20(27-18)14-10-6-3-7-11-14)16-15(24-21)12-23-19(25-16)13-8-4-2-5-9-13/h2-11,15-21H,12H2,1H3/t15-,16-,17+,18+,19-,20-,21+/m1/s1. The third-order valence-electron chi connectivity index (χ3n) is 5.22. The Bertz CT molecular complexity index is 754. The van der Waals surface area contributed by atoms with Gasteiger partial charge >= 0.3 is 0 Å². The lowest BCUT2D eigenvalue weighted by atomic mass is 9.98. The van der Waals surface area contributed by atoms with E-state index in [4.69, 9.17) is 28.4 Å². The summed E-state index contributed by atoms with van der Waals surface area (Å²) in [5.41, 5.74) is 1.94. The van der Waals surface area contributed by atoms with Crippen LogP contribution in [-0.2, 0) is 28.4 Å². The number of benzene rings is 2. The van der Waals surface area contributed by atoms with Crippen molar-refractivity contribution in [2.45, 2.75) is 43.3 Å². The van der Waals surface area contributed by atoms with Crippen molar-refractivity contribution in [1.29, 1.82) is 0 Å². The van der Waals surface area contributed by atoms with Crippen molar-refractivity contribution in [3.05, 3.63) is 71.8 Å². The van der Waals surface area contributed by atoms with E-state index >= 15 is 0 Å². The van der Waals surface area contributed by atoms with E-state index < -0.39 is 18.9 Å². The molecule has 6 nitrogen and oxygen atoms in total. The van der Waals surface area contributed by atoms with Gasteiger partial charge in [0, 0.05) is 18.2 Å². The van der Waals surface area contributed by atoms with E-state index in [0.717, 1.165) is 11.1 Å². The van der Waals surface area contributed by atoms with Gasteiger partial charge in [-0.1, -0.05) is 60.7 Å². The molecule has 3 heterocycles. The molecule has 2 aromatic rings. The summed E-state index contributed by atoms with van der Waals surface area (Å²) < 4.78 is 36.1. The van der Waals surface area contributed by atoms with E-state index in [1.165, 1.54) is 0 Å². The van der Waals surface area contributed by atoms with Crippen molar-refractivity contribution >= 4 is 0 Å². The van der Waals surface area contributed by atoms with E-state index in [1.54, 1.807) is 7.11 Å². The van der Waals surface area contributed by atoms with E-state index in [0.29, 0.717) is 6.61 Å². The molecule has 0 radical (unpaired) electrons. The zero-order chi connectivity index (χ0) is 18.2. The Morgan fingerprint density at radius 3 is 1.96 bits per heavy atom. The lowest BCUT2D eigenvalue weighted by molar-refractivity contribution is -0.343. The van der Waals surface area contributed by atoms with Gasteiger partial charge in [0.25, 0.3) is 0 Å². The van der Waals surface area contributed by atoms with E-state index in [2.05, 4.69) is 0 Å². The van der Waals surface area contributed by atoms with Crippen LogP contribution in [0.1, 0.15) is 23.7 Å². The van der Waals surface area contributed by atoms with Gasteiger partial charge in [-0.05, 0) is 0 Å². The first kappa shape index (κ1) is 17.3. The molecule has 6 heteroatoms. The topological polar surface area (TPSA) is 55.4 Å². The van der Waals surface area contributed by atoms with E-state index in [9.17, 15) is 0 Å². The number of ether oxygens (including phenoxy) is 6. The maximum atomic E-state index is 6.27. The van der Waals surface area contributed by atoms with Crippen LogP contribution >= 0.6 is 0 Å². The average molecular weight is 370 g/mol. The van der Waals surface area contributed by atoms with Crippen LogP contribution in [0.25, 0.3) is 0 Å². The summed E-state index contributed by atoms with van der Waals surface area (Å²) in [7, 11) is 1.61. The zero-order valence-electron chi connectivity index (χ0n) is 15.0. The van der Waals surface area contributed by atoms with Gasteiger partial charge in [0.1, 0.15) is 24.4 Å². The fourth-order valence-corrected chi connectivity index (χ4v) is 3.90. The molecular formula is C21H22O6. The van der Waals surface area contributed by atoms with Crippen molar-refractivity contribution < 1.29 is 28.4 Å². The zero-order valence-corrected chi connectivity index (χ0v) is 15.0. The van der Waals surface area contributed by atoms with Crippen molar-refractivity contribution in [2.24, 2.45) is 0 Å². The van der Waals surface area contributed by atoms with Crippen LogP contribution in [0.3, 0.4) is 0 Å². The largest absolute Gasteiger partial charge is 0.353 e. The molecule has 0 aliphatic carbocycles. The number of hydrogen-bond donors (Lipinski definition) is 0. The second-order valence-corrected chi connectivity index (χ2v) is 6.90. The Hall–Kier alpha value is -1.80. The van der Waals surface area contributed by atoms with Gasteiger partial charge in [-0.15, -0.1) is 0 Å². The van der Waals surface area contributed by atoms with Gasteiger partial charge in [0.2, 0.25) is 0 Å². The first-order valence-corrected chi connectivity index (χ1v) is 9.19. The molecule has 0 amide bonds. The van der Waals surface area contributed by atoms with Gasteiger partial charge < -0.3 is 28.4 Å². The highest BCUT2D eigenvalue weighted by atomic mass is 16.8. The van der Waals surface area contributed by atoms with Crippen molar-refractivity contribution in [3.8, 4) is 0 Å². The second kappa shape index (κ2) is 7.31. The van der Waals surface area contributed by atoms with E-state index in [1.807, 2.05) is 60.7 Å². The molecule has 142 valence electrons. The van der Waals surface area contributed by atoms with Gasteiger partial charge in [0.05, 0.1) is 6.61 Å². The summed E-state index contributed by atoms with van der Waals surface area (Å²) >= 11 is 0. The summed E-state index contributed by atoms with van der Waals surface area (Å²) in [5.74, 6) is 0. The first-order chi connectivity index (χ1) is 13.3. The third-order valence-corrected chi connectivity index (χ3v) is 5.22. The van der Waals surface area contributed by atoms with Crippen molar-refractivity contribution in [2.75, 3.05) is 13.7 Å². The first-order valence-electron chi connectivity index (χ1n) is 9.19. The van der Waals surface area contributed by atoms with Gasteiger partial charge in [-0.3, -0.25) is 0 Å². The lowest BCUT2D eigenvalue weighted by Gasteiger charge is -2.45. The quantitative estimate of drug-likeness (QED) is 0.828. The highest BCUT2D eigenvalue weighted by Gasteiger charge is 2.56. The predicted molar refractivity (Wildman–Crippen MR) is 94.6 cm³/mol. The van der Waals surface area contributed by atoms with E-state index in [-0.39, 0.29) is 24.4 Å². The third kappa shape index (κ3) is 3.18. The summed E-state index contributed by atoms with van der Waals surface area (Å²) in [5, 5.41) is 0. The number of rotatable bonds is 3. The number of hydrogen-bond acceptors (Lipinski definition) is 6. The summed E-state index contributed by atoms with van der Waals surface area (Å²) in [6, 6.07) is 19.8. The van der Waals surface area contributed by atoms with Crippen LogP contribution in [0, 0.1) is 0 Å². The molecule has 3 fully saturated rings. The van der Waals surface area contributed by atoms with Crippen LogP contribution in [0.15, 0.2) is 60.7 Å². The fourth-order valence-electron chi connectivity index (χ4n) is 3.90. The average Bonchev–Trinajstić information content (AvgIpc) is 3.20. The molecule has 0 unspecified atom stereocenters. The molecule has 3 saturated heterocycles. The molecule has 0 aromatic heterocycles. The highest BCUT2D eigenvalue weighted by molar-refractivity contribution is 5.18. The molecule has 3 aliphatic rings. The summed E-state index contributed by atoms with van der Waals surface area (Å²) in [4.78, 5) is 0. The molecule has 5 rings (SSSR count). The Balaban J connectivity index is 1.39. The van der Waals surface area contributed by atoms with Crippen LogP contribution in [0.2, 0.25) is 0 Å². The fraction of sp³-hybridized carbons (Fsp3) is 0.429. The van der Waals surface area contributed by atoms with Crippen molar-refractivity contribution in [1.82, 2.24) is 0 Å². The maximum absolute atomic E-state index is 6.27. The minimum atomic E-state index is -0.523. The van der Waals surface area contributed by atoms with Gasteiger partial charge in [-0.2, -0.15) is 0 Å². The Labute approximate surface area is 157 Å². The van der Waals surface area contributed by atoms with Crippen LogP contribution < -0.4 is 0 Å². The molecular weight excluding hydrogens is 348 g/mol. The Morgan fingerprint density at radius 1 is 0.704 bits per heavy atom. The molecule has 7 atom stereocenters. The summed E-state index contributed by atoms with van der Waals surface area (Å²) in [6.07, 6.45) is -2.67. The molecule has 3 aliphatic heterocycles. The monoisotopic (exact) mass is 370 g/mol. The van der Waals surface area contributed by atoms with Gasteiger partial charge in [-0.25, -0.2) is 0 Å². The predicted octanol–water partition coefficient (Wildman–Crippen LogP) is 2.95. The number of methoxy groups -OCH3 is 1. The second-order valence-electron chi connectivity index (χ2n) is 6.90. The molecule has 0 N–H and O–H groups in total. The lowest BCUT2D eigenvalue weighted by Crippen LogP contribution is -2.61.